The molecule has 0 unspecified atom stereocenters. The lowest BCUT2D eigenvalue weighted by atomic mass is 10.1. The van der Waals surface area contributed by atoms with Crippen LogP contribution in [0.15, 0.2) is 43.0 Å². The highest BCUT2D eigenvalue weighted by Gasteiger charge is 2.21. The molecule has 3 N–H and O–H groups in total. The number of carbonyl (C=O) groups is 1. The number of nitrogens with zero attached hydrogens (tertiary/aromatic N) is 2. The Morgan fingerprint density at radius 3 is 2.83 bits per heavy atom. The van der Waals surface area contributed by atoms with Crippen molar-refractivity contribution in [3.63, 3.8) is 0 Å². The van der Waals surface area contributed by atoms with Crippen LogP contribution in [0, 0.1) is 0 Å². The molecule has 0 aliphatic carbocycles. The van der Waals surface area contributed by atoms with Gasteiger partial charge in [0, 0.05) is 23.8 Å². The van der Waals surface area contributed by atoms with E-state index in [1.807, 2.05) is 35.0 Å². The van der Waals surface area contributed by atoms with Crippen molar-refractivity contribution >= 4 is 11.6 Å². The molecule has 0 aliphatic rings. The average molecular weight is 244 g/mol. The van der Waals surface area contributed by atoms with Crippen molar-refractivity contribution in [3.05, 3.63) is 43.0 Å². The van der Waals surface area contributed by atoms with Gasteiger partial charge < -0.3 is 15.6 Å². The van der Waals surface area contributed by atoms with Gasteiger partial charge >= 0.3 is 0 Å². The number of hydrogen-bond donors (Lipinski definition) is 2. The Morgan fingerprint density at radius 1 is 1.44 bits per heavy atom. The molecule has 0 saturated heterocycles. The van der Waals surface area contributed by atoms with Crippen LogP contribution in [0.5, 0.6) is 0 Å². The highest BCUT2D eigenvalue weighted by Crippen LogP contribution is 2.15. The number of nitrogens with one attached hydrogen (secondary N) is 1. The van der Waals surface area contributed by atoms with Gasteiger partial charge in [0.2, 0.25) is 5.91 Å². The molecular formula is C13H16N4O. The topological polar surface area (TPSA) is 72.9 Å². The summed E-state index contributed by atoms with van der Waals surface area (Å²) in [5, 5.41) is 2.79. The Kier molecular flexibility index (Phi) is 3.16. The number of nitrogens with two attached hydrogens (primary N) is 1. The quantitative estimate of drug-likeness (QED) is 0.860. The molecule has 2 rings (SSSR count). The van der Waals surface area contributed by atoms with E-state index in [1.165, 1.54) is 0 Å². The molecule has 5 heteroatoms. The van der Waals surface area contributed by atoms with E-state index in [1.54, 1.807) is 26.4 Å². The lowest BCUT2D eigenvalue weighted by Gasteiger charge is -2.18. The van der Waals surface area contributed by atoms with Crippen molar-refractivity contribution in [3.8, 4) is 5.69 Å². The summed E-state index contributed by atoms with van der Waals surface area (Å²) in [4.78, 5) is 15.8. The molecule has 94 valence electrons. The summed E-state index contributed by atoms with van der Waals surface area (Å²) in [7, 11) is 0. The fourth-order valence-corrected chi connectivity index (χ4v) is 1.45. The third-order valence-corrected chi connectivity index (χ3v) is 2.49. The zero-order chi connectivity index (χ0) is 13.2. The molecule has 0 atom stereocenters. The molecule has 1 aromatic heterocycles. The first-order chi connectivity index (χ1) is 8.47. The first-order valence-corrected chi connectivity index (χ1v) is 5.65. The van der Waals surface area contributed by atoms with Crippen LogP contribution in [0.25, 0.3) is 5.69 Å². The molecule has 1 heterocycles. The molecule has 1 aromatic carbocycles. The van der Waals surface area contributed by atoms with E-state index >= 15 is 0 Å². The van der Waals surface area contributed by atoms with E-state index in [0.717, 1.165) is 5.69 Å². The zero-order valence-electron chi connectivity index (χ0n) is 10.4. The largest absolute Gasteiger partial charge is 0.324 e. The number of anilines is 1. The van der Waals surface area contributed by atoms with Crippen LogP contribution >= 0.6 is 0 Å². The Labute approximate surface area is 106 Å². The lowest BCUT2D eigenvalue weighted by molar-refractivity contribution is -0.120. The molecular weight excluding hydrogens is 228 g/mol. The van der Waals surface area contributed by atoms with Crippen molar-refractivity contribution in [1.29, 1.82) is 0 Å². The maximum atomic E-state index is 11.8. The highest BCUT2D eigenvalue weighted by atomic mass is 16.2. The molecule has 0 spiro atoms. The number of carbonyl (C=O) groups excluding carboxylic acids is 1. The first kappa shape index (κ1) is 12.3. The molecule has 0 radical (unpaired) electrons. The monoisotopic (exact) mass is 244 g/mol. The van der Waals surface area contributed by atoms with E-state index in [9.17, 15) is 4.79 Å². The minimum atomic E-state index is -0.898. The molecule has 0 aliphatic heterocycles. The Balaban J connectivity index is 2.21. The molecule has 2 aromatic rings. The second-order valence-electron chi connectivity index (χ2n) is 4.70. The minimum Gasteiger partial charge on any atom is -0.324 e. The van der Waals surface area contributed by atoms with Gasteiger partial charge in [-0.1, -0.05) is 6.07 Å². The predicted molar refractivity (Wildman–Crippen MR) is 70.5 cm³/mol. The predicted octanol–water partition coefficient (Wildman–Crippen LogP) is 1.55. The van der Waals surface area contributed by atoms with Crippen LogP contribution < -0.4 is 11.1 Å². The van der Waals surface area contributed by atoms with Crippen molar-refractivity contribution in [1.82, 2.24) is 9.55 Å². The zero-order valence-corrected chi connectivity index (χ0v) is 10.4. The van der Waals surface area contributed by atoms with Gasteiger partial charge in [-0.3, -0.25) is 4.79 Å². The maximum absolute atomic E-state index is 11.8. The van der Waals surface area contributed by atoms with Crippen molar-refractivity contribution < 1.29 is 4.79 Å². The second-order valence-corrected chi connectivity index (χ2v) is 4.70. The summed E-state index contributed by atoms with van der Waals surface area (Å²) in [5.41, 5.74) is 6.48. The summed E-state index contributed by atoms with van der Waals surface area (Å²) >= 11 is 0. The van der Waals surface area contributed by atoms with Gasteiger partial charge in [-0.2, -0.15) is 0 Å². The average Bonchev–Trinajstić information content (AvgIpc) is 2.81. The fraction of sp³-hybridized carbons (Fsp3) is 0.231. The summed E-state index contributed by atoms with van der Waals surface area (Å²) < 4.78 is 1.86. The van der Waals surface area contributed by atoms with Gasteiger partial charge in [-0.25, -0.2) is 4.98 Å². The fourth-order valence-electron chi connectivity index (χ4n) is 1.45. The smallest absolute Gasteiger partial charge is 0.243 e. The Bertz CT molecular complexity index is 540. The Morgan fingerprint density at radius 2 is 2.22 bits per heavy atom. The third-order valence-electron chi connectivity index (χ3n) is 2.49. The van der Waals surface area contributed by atoms with Gasteiger partial charge in [-0.15, -0.1) is 0 Å². The van der Waals surface area contributed by atoms with Crippen molar-refractivity contribution in [2.75, 3.05) is 5.32 Å². The standard InChI is InChI=1S/C13H16N4O/c1-13(2,14)12(18)16-10-4-3-5-11(8-10)17-7-6-15-9-17/h3-9H,14H2,1-2H3,(H,16,18). The highest BCUT2D eigenvalue weighted by molar-refractivity contribution is 5.97. The maximum Gasteiger partial charge on any atom is 0.243 e. The van der Waals surface area contributed by atoms with E-state index in [2.05, 4.69) is 10.3 Å². The van der Waals surface area contributed by atoms with Gasteiger partial charge in [-0.05, 0) is 32.0 Å². The second kappa shape index (κ2) is 4.62. The molecule has 0 fully saturated rings. The third kappa shape index (κ3) is 2.75. The number of amides is 1. The number of imidazole rings is 1. The number of rotatable bonds is 3. The van der Waals surface area contributed by atoms with Crippen LogP contribution in [-0.4, -0.2) is 21.0 Å². The SMILES string of the molecule is CC(C)(N)C(=O)Nc1cccc(-n2ccnc2)c1. The van der Waals surface area contributed by atoms with E-state index in [-0.39, 0.29) is 5.91 Å². The van der Waals surface area contributed by atoms with Gasteiger partial charge in [0.25, 0.3) is 0 Å². The van der Waals surface area contributed by atoms with Crippen LogP contribution in [0.4, 0.5) is 5.69 Å². The van der Waals surface area contributed by atoms with Gasteiger partial charge in [0.15, 0.2) is 0 Å². The molecule has 0 bridgehead atoms. The van der Waals surface area contributed by atoms with E-state index < -0.39 is 5.54 Å². The number of aromatic nitrogens is 2. The van der Waals surface area contributed by atoms with Crippen LogP contribution in [0.3, 0.4) is 0 Å². The molecule has 18 heavy (non-hydrogen) atoms. The van der Waals surface area contributed by atoms with E-state index in [4.69, 9.17) is 5.73 Å². The normalized spacial score (nSPS) is 11.3. The summed E-state index contributed by atoms with van der Waals surface area (Å²) in [5.74, 6) is -0.217. The van der Waals surface area contributed by atoms with Crippen LogP contribution in [0.1, 0.15) is 13.8 Å². The first-order valence-electron chi connectivity index (χ1n) is 5.65. The molecule has 1 amide bonds. The van der Waals surface area contributed by atoms with Gasteiger partial charge in [0.1, 0.15) is 0 Å². The molecule has 0 saturated carbocycles. The minimum absolute atomic E-state index is 0.217. The summed E-state index contributed by atoms with van der Waals surface area (Å²) in [6.45, 7) is 3.34. The number of hydrogen-bond acceptors (Lipinski definition) is 3. The van der Waals surface area contributed by atoms with Crippen LogP contribution in [-0.2, 0) is 4.79 Å². The van der Waals surface area contributed by atoms with Gasteiger partial charge in [0.05, 0.1) is 11.9 Å². The van der Waals surface area contributed by atoms with E-state index in [0.29, 0.717) is 5.69 Å². The van der Waals surface area contributed by atoms with Crippen molar-refractivity contribution in [2.45, 2.75) is 19.4 Å². The van der Waals surface area contributed by atoms with Crippen LogP contribution in [0.2, 0.25) is 0 Å². The lowest BCUT2D eigenvalue weighted by Crippen LogP contribution is -2.45. The summed E-state index contributed by atoms with van der Waals surface area (Å²) in [6.07, 6.45) is 5.25. The Hall–Kier alpha value is -2.14. The number of benzene rings is 1. The van der Waals surface area contributed by atoms with Crippen molar-refractivity contribution in [2.24, 2.45) is 5.73 Å². The summed E-state index contributed by atoms with van der Waals surface area (Å²) in [6, 6.07) is 7.49. The molecule has 5 nitrogen and oxygen atoms in total.